The zero-order valence-corrected chi connectivity index (χ0v) is 21.6. The average Bonchev–Trinajstić information content (AvgIpc) is 2.93. The molecule has 0 aliphatic carbocycles. The first-order chi connectivity index (χ1) is 18.3. The van der Waals surface area contributed by atoms with Gasteiger partial charge in [-0.25, -0.2) is 0 Å². The van der Waals surface area contributed by atoms with Crippen molar-refractivity contribution < 1.29 is 24.1 Å². The number of hydrogen-bond acceptors (Lipinski definition) is 10. The fourth-order valence-electron chi connectivity index (χ4n) is 4.42. The maximum Gasteiger partial charge on any atom is 0.311 e. The van der Waals surface area contributed by atoms with Crippen LogP contribution in [0.2, 0.25) is 0 Å². The number of thiocarbonyl (C=S) groups is 1. The molecule has 1 N–H and O–H groups in total. The van der Waals surface area contributed by atoms with Crippen molar-refractivity contribution in [2.24, 2.45) is 0 Å². The molecule has 0 saturated carbocycles. The van der Waals surface area contributed by atoms with E-state index in [-0.39, 0.29) is 39.3 Å². The SMILES string of the molecule is CCOc1ccc(C(=O)NC(=S)N2CCN(c3ccc([N+](=O)[O-])c(N4CCOCC4)c3)CC2)cc1[N+](=O)[O-]. The largest absolute Gasteiger partial charge is 0.487 e. The lowest BCUT2D eigenvalue weighted by molar-refractivity contribution is -0.385. The first-order valence-electron chi connectivity index (χ1n) is 12.2. The summed E-state index contributed by atoms with van der Waals surface area (Å²) in [5.74, 6) is -0.454. The average molecular weight is 545 g/mol. The van der Waals surface area contributed by atoms with Gasteiger partial charge in [0.05, 0.1) is 29.7 Å². The van der Waals surface area contributed by atoms with E-state index < -0.39 is 10.8 Å². The third kappa shape index (κ3) is 6.08. The maximum absolute atomic E-state index is 12.7. The summed E-state index contributed by atoms with van der Waals surface area (Å²) in [6, 6.07) is 9.14. The highest BCUT2D eigenvalue weighted by Gasteiger charge is 2.26. The fraction of sp³-hybridized carbons (Fsp3) is 0.417. The molecule has 0 atom stereocenters. The molecule has 0 aromatic heterocycles. The van der Waals surface area contributed by atoms with E-state index >= 15 is 0 Å². The van der Waals surface area contributed by atoms with E-state index in [1.54, 1.807) is 13.0 Å². The van der Waals surface area contributed by atoms with Crippen molar-refractivity contribution >= 4 is 46.0 Å². The number of morpholine rings is 1. The number of ether oxygens (including phenoxy) is 2. The van der Waals surface area contributed by atoms with Gasteiger partial charge >= 0.3 is 5.69 Å². The zero-order chi connectivity index (χ0) is 27.2. The van der Waals surface area contributed by atoms with E-state index in [1.807, 2.05) is 15.9 Å². The number of benzene rings is 2. The first kappa shape index (κ1) is 27.0. The van der Waals surface area contributed by atoms with Crippen LogP contribution in [-0.2, 0) is 4.74 Å². The highest BCUT2D eigenvalue weighted by Crippen LogP contribution is 2.33. The molecule has 2 aromatic rings. The van der Waals surface area contributed by atoms with E-state index in [0.717, 1.165) is 5.69 Å². The molecule has 0 spiro atoms. The van der Waals surface area contributed by atoms with Gasteiger partial charge in [0.15, 0.2) is 10.9 Å². The third-order valence-corrected chi connectivity index (χ3v) is 6.74. The molecule has 2 aliphatic heterocycles. The standard InChI is InChI=1S/C24H28N6O7S/c1-2-37-22-6-3-17(15-21(22)30(34)35)23(31)25-24(38)28-9-7-26(8-10-28)18-4-5-19(29(32)33)20(16-18)27-11-13-36-14-12-27/h3-6,15-16H,2,7-14H2,1H3,(H,25,31,38). The van der Waals surface area contributed by atoms with Crippen LogP contribution in [0.5, 0.6) is 5.75 Å². The van der Waals surface area contributed by atoms with Gasteiger partial charge in [-0.1, -0.05) is 0 Å². The summed E-state index contributed by atoms with van der Waals surface area (Å²) in [7, 11) is 0. The molecule has 13 nitrogen and oxygen atoms in total. The number of hydrogen-bond donors (Lipinski definition) is 1. The monoisotopic (exact) mass is 544 g/mol. The van der Waals surface area contributed by atoms with Crippen LogP contribution in [0.1, 0.15) is 17.3 Å². The molecule has 1 amide bonds. The lowest BCUT2D eigenvalue weighted by Gasteiger charge is -2.37. The van der Waals surface area contributed by atoms with Gasteiger partial charge in [-0.15, -0.1) is 0 Å². The molecular formula is C24H28N6O7S. The number of nitrogens with one attached hydrogen (secondary N) is 1. The molecular weight excluding hydrogens is 516 g/mol. The van der Waals surface area contributed by atoms with E-state index in [4.69, 9.17) is 21.7 Å². The number of amides is 1. The number of nitro benzene ring substituents is 2. The molecule has 2 aliphatic rings. The summed E-state index contributed by atoms with van der Waals surface area (Å²) in [6.45, 7) is 6.41. The topological polar surface area (TPSA) is 144 Å². The predicted molar refractivity (Wildman–Crippen MR) is 144 cm³/mol. The Balaban J connectivity index is 1.39. The van der Waals surface area contributed by atoms with E-state index in [0.29, 0.717) is 58.2 Å². The van der Waals surface area contributed by atoms with Crippen LogP contribution in [0.15, 0.2) is 36.4 Å². The number of carbonyl (C=O) groups excluding carboxylic acids is 1. The summed E-state index contributed by atoms with van der Waals surface area (Å²) in [5, 5.41) is 25.8. The molecule has 2 saturated heterocycles. The van der Waals surface area contributed by atoms with Crippen LogP contribution in [0.25, 0.3) is 0 Å². The fourth-order valence-corrected chi connectivity index (χ4v) is 4.69. The van der Waals surface area contributed by atoms with Crippen molar-refractivity contribution in [3.63, 3.8) is 0 Å². The van der Waals surface area contributed by atoms with Gasteiger partial charge in [0.1, 0.15) is 5.69 Å². The van der Waals surface area contributed by atoms with Crippen LogP contribution in [0.4, 0.5) is 22.7 Å². The van der Waals surface area contributed by atoms with Gasteiger partial charge in [0.25, 0.3) is 11.6 Å². The van der Waals surface area contributed by atoms with Crippen molar-refractivity contribution in [2.75, 3.05) is 68.9 Å². The Morgan fingerprint density at radius 3 is 2.29 bits per heavy atom. The quantitative estimate of drug-likeness (QED) is 0.312. The molecule has 14 heteroatoms. The number of nitrogens with zero attached hydrogens (tertiary/aromatic N) is 5. The minimum absolute atomic E-state index is 0.0627. The Hall–Kier alpha value is -4.04. The van der Waals surface area contributed by atoms with Gasteiger partial charge < -0.3 is 24.2 Å². The predicted octanol–water partition coefficient (Wildman–Crippen LogP) is 2.58. The summed E-state index contributed by atoms with van der Waals surface area (Å²) >= 11 is 5.43. The van der Waals surface area contributed by atoms with Gasteiger partial charge in [0.2, 0.25) is 0 Å². The molecule has 38 heavy (non-hydrogen) atoms. The van der Waals surface area contributed by atoms with E-state index in [2.05, 4.69) is 10.2 Å². The molecule has 0 bridgehead atoms. The molecule has 0 unspecified atom stereocenters. The van der Waals surface area contributed by atoms with Gasteiger partial charge in [-0.05, 0) is 43.4 Å². The number of piperazine rings is 1. The van der Waals surface area contributed by atoms with Crippen molar-refractivity contribution in [1.82, 2.24) is 10.2 Å². The van der Waals surface area contributed by atoms with Crippen LogP contribution < -0.4 is 19.9 Å². The van der Waals surface area contributed by atoms with Gasteiger partial charge in [0, 0.05) is 62.7 Å². The lowest BCUT2D eigenvalue weighted by atomic mass is 10.1. The minimum atomic E-state index is -0.595. The molecule has 202 valence electrons. The molecule has 2 aromatic carbocycles. The second-order valence-electron chi connectivity index (χ2n) is 8.64. The van der Waals surface area contributed by atoms with Crippen LogP contribution >= 0.6 is 12.2 Å². The molecule has 2 heterocycles. The summed E-state index contributed by atoms with van der Waals surface area (Å²) in [4.78, 5) is 40.7. The van der Waals surface area contributed by atoms with Crippen molar-refractivity contribution in [2.45, 2.75) is 6.92 Å². The van der Waals surface area contributed by atoms with Crippen molar-refractivity contribution in [3.8, 4) is 5.75 Å². The molecule has 4 rings (SSSR count). The second-order valence-corrected chi connectivity index (χ2v) is 9.02. The Morgan fingerprint density at radius 1 is 0.974 bits per heavy atom. The van der Waals surface area contributed by atoms with E-state index in [1.165, 1.54) is 24.3 Å². The van der Waals surface area contributed by atoms with Crippen LogP contribution in [0.3, 0.4) is 0 Å². The van der Waals surface area contributed by atoms with Gasteiger partial charge in [-0.2, -0.15) is 0 Å². The second kappa shape index (κ2) is 12.0. The number of anilines is 2. The normalized spacial score (nSPS) is 15.7. The summed E-state index contributed by atoms with van der Waals surface area (Å²) in [6.07, 6.45) is 0. The van der Waals surface area contributed by atoms with Crippen molar-refractivity contribution in [3.05, 3.63) is 62.2 Å². The Bertz CT molecular complexity index is 1230. The zero-order valence-electron chi connectivity index (χ0n) is 20.8. The van der Waals surface area contributed by atoms with Crippen LogP contribution in [-0.4, -0.2) is 84.9 Å². The van der Waals surface area contributed by atoms with E-state index in [9.17, 15) is 25.0 Å². The molecule has 2 fully saturated rings. The third-order valence-electron chi connectivity index (χ3n) is 6.38. The number of nitro groups is 2. The number of rotatable bonds is 7. The Labute approximate surface area is 224 Å². The van der Waals surface area contributed by atoms with Crippen LogP contribution in [0, 0.1) is 20.2 Å². The Kier molecular flexibility index (Phi) is 8.53. The summed E-state index contributed by atoms with van der Waals surface area (Å²) < 4.78 is 10.6. The Morgan fingerprint density at radius 2 is 1.66 bits per heavy atom. The van der Waals surface area contributed by atoms with Crippen molar-refractivity contribution in [1.29, 1.82) is 0 Å². The molecule has 0 radical (unpaired) electrons. The maximum atomic E-state index is 12.7. The summed E-state index contributed by atoms with van der Waals surface area (Å²) in [5.41, 5.74) is 1.31. The highest BCUT2D eigenvalue weighted by atomic mass is 32.1. The van der Waals surface area contributed by atoms with Gasteiger partial charge in [-0.3, -0.25) is 30.3 Å². The lowest BCUT2D eigenvalue weighted by Crippen LogP contribution is -2.52. The minimum Gasteiger partial charge on any atom is -0.487 e. The number of carbonyl (C=O) groups is 1. The smallest absolute Gasteiger partial charge is 0.311 e. The highest BCUT2D eigenvalue weighted by molar-refractivity contribution is 7.80. The first-order valence-corrected chi connectivity index (χ1v) is 12.6.